The molecule has 0 N–H and O–H groups in total. The van der Waals surface area contributed by atoms with Crippen LogP contribution in [0.3, 0.4) is 0 Å². The summed E-state index contributed by atoms with van der Waals surface area (Å²) >= 11 is 0. The lowest BCUT2D eigenvalue weighted by molar-refractivity contribution is 0.627. The van der Waals surface area contributed by atoms with Gasteiger partial charge in [0.1, 0.15) is 11.7 Å². The molecule has 2 aromatic heterocycles. The zero-order valence-electron chi connectivity index (χ0n) is 10.5. The highest BCUT2D eigenvalue weighted by atomic mass is 15.1. The third-order valence-electron chi connectivity index (χ3n) is 2.85. The summed E-state index contributed by atoms with van der Waals surface area (Å²) in [7, 11) is 0. The third-order valence-corrected chi connectivity index (χ3v) is 2.85. The Kier molecular flexibility index (Phi) is 4.08. The zero-order chi connectivity index (χ0) is 12.8. The van der Waals surface area contributed by atoms with Gasteiger partial charge in [-0.25, -0.2) is 4.98 Å². The molecule has 18 heavy (non-hydrogen) atoms. The van der Waals surface area contributed by atoms with E-state index >= 15 is 0 Å². The molecule has 4 nitrogen and oxygen atoms in total. The molecule has 0 saturated heterocycles. The van der Waals surface area contributed by atoms with E-state index in [-0.39, 0.29) is 5.92 Å². The number of imidazole rings is 1. The number of nitrogens with zero attached hydrogens (tertiary/aromatic N) is 4. The first-order chi connectivity index (χ1) is 8.85. The number of hydrogen-bond donors (Lipinski definition) is 0. The molecule has 2 rings (SSSR count). The average Bonchev–Trinajstić information content (AvgIpc) is 2.85. The van der Waals surface area contributed by atoms with Crippen LogP contribution in [0.15, 0.2) is 36.8 Å². The number of aromatic nitrogens is 3. The molecule has 0 spiro atoms. The number of pyridine rings is 1. The Morgan fingerprint density at radius 3 is 2.89 bits per heavy atom. The molecule has 4 heteroatoms. The topological polar surface area (TPSA) is 54.5 Å². The molecule has 2 aromatic rings. The lowest BCUT2D eigenvalue weighted by Gasteiger charge is -2.11. The maximum Gasteiger partial charge on any atom is 0.126 e. The van der Waals surface area contributed by atoms with Crippen LogP contribution < -0.4 is 0 Å². The highest BCUT2D eigenvalue weighted by Gasteiger charge is 2.15. The van der Waals surface area contributed by atoms with Crippen LogP contribution in [0.25, 0.3) is 0 Å². The molecule has 0 aliphatic rings. The Morgan fingerprint density at radius 2 is 2.22 bits per heavy atom. The monoisotopic (exact) mass is 240 g/mol. The predicted molar refractivity (Wildman–Crippen MR) is 68.8 cm³/mol. The molecule has 0 saturated carbocycles. The van der Waals surface area contributed by atoms with Gasteiger partial charge in [0.25, 0.3) is 0 Å². The van der Waals surface area contributed by atoms with Crippen LogP contribution in [0, 0.1) is 11.3 Å². The number of rotatable bonds is 5. The lowest BCUT2D eigenvalue weighted by atomic mass is 10.0. The van der Waals surface area contributed by atoms with Crippen LogP contribution >= 0.6 is 0 Å². The summed E-state index contributed by atoms with van der Waals surface area (Å²) in [5.74, 6) is 0.707. The van der Waals surface area contributed by atoms with E-state index in [1.807, 2.05) is 29.0 Å². The van der Waals surface area contributed by atoms with Gasteiger partial charge in [-0.15, -0.1) is 0 Å². The van der Waals surface area contributed by atoms with Gasteiger partial charge in [-0.2, -0.15) is 5.26 Å². The Hall–Kier alpha value is -2.15. The van der Waals surface area contributed by atoms with Gasteiger partial charge in [0.2, 0.25) is 0 Å². The molecule has 0 fully saturated rings. The Balaban J connectivity index is 2.20. The second kappa shape index (κ2) is 5.97. The Bertz CT molecular complexity index is 524. The van der Waals surface area contributed by atoms with Crippen molar-refractivity contribution in [1.29, 1.82) is 5.26 Å². The van der Waals surface area contributed by atoms with Crippen LogP contribution in [0.1, 0.15) is 37.2 Å². The summed E-state index contributed by atoms with van der Waals surface area (Å²) in [6.45, 7) is 2.74. The molecule has 1 unspecified atom stereocenters. The van der Waals surface area contributed by atoms with E-state index in [2.05, 4.69) is 23.0 Å². The summed E-state index contributed by atoms with van der Waals surface area (Å²) in [6, 6.07) is 8.17. The molecule has 2 heterocycles. The molecule has 0 aliphatic carbocycles. The first-order valence-corrected chi connectivity index (χ1v) is 6.15. The second-order valence-electron chi connectivity index (χ2n) is 4.20. The minimum Gasteiger partial charge on any atom is -0.328 e. The van der Waals surface area contributed by atoms with Gasteiger partial charge in [0.15, 0.2) is 0 Å². The molecular formula is C14H16N4. The van der Waals surface area contributed by atoms with Gasteiger partial charge in [0, 0.05) is 18.6 Å². The predicted octanol–water partition coefficient (Wildman–Crippen LogP) is 2.73. The fourth-order valence-electron chi connectivity index (χ4n) is 1.97. The van der Waals surface area contributed by atoms with Crippen LogP contribution in [0.2, 0.25) is 0 Å². The summed E-state index contributed by atoms with van der Waals surface area (Å²) < 4.78 is 2.01. The molecule has 0 bridgehead atoms. The molecule has 0 aliphatic heterocycles. The molecule has 1 atom stereocenters. The van der Waals surface area contributed by atoms with Gasteiger partial charge in [0.05, 0.1) is 18.3 Å². The van der Waals surface area contributed by atoms with E-state index in [1.54, 1.807) is 12.4 Å². The summed E-state index contributed by atoms with van der Waals surface area (Å²) in [5, 5.41) is 9.20. The van der Waals surface area contributed by atoms with Crippen LogP contribution in [-0.2, 0) is 6.54 Å². The van der Waals surface area contributed by atoms with E-state index in [4.69, 9.17) is 0 Å². The van der Waals surface area contributed by atoms with E-state index in [0.29, 0.717) is 6.54 Å². The largest absolute Gasteiger partial charge is 0.328 e. The van der Waals surface area contributed by atoms with Crippen LogP contribution in [-0.4, -0.2) is 14.5 Å². The normalized spacial score (nSPS) is 12.0. The van der Waals surface area contributed by atoms with Gasteiger partial charge in [-0.3, -0.25) is 4.98 Å². The minimum atomic E-state index is -0.131. The van der Waals surface area contributed by atoms with Crippen molar-refractivity contribution in [1.82, 2.24) is 14.5 Å². The van der Waals surface area contributed by atoms with Crippen molar-refractivity contribution < 1.29 is 0 Å². The number of hydrogen-bond acceptors (Lipinski definition) is 3. The van der Waals surface area contributed by atoms with Crippen molar-refractivity contribution in [3.8, 4) is 6.07 Å². The molecule has 92 valence electrons. The van der Waals surface area contributed by atoms with Crippen molar-refractivity contribution in [2.45, 2.75) is 32.2 Å². The maximum absolute atomic E-state index is 9.20. The van der Waals surface area contributed by atoms with E-state index in [9.17, 15) is 5.26 Å². The van der Waals surface area contributed by atoms with Crippen molar-refractivity contribution in [2.75, 3.05) is 0 Å². The van der Waals surface area contributed by atoms with Crippen LogP contribution in [0.5, 0.6) is 0 Å². The van der Waals surface area contributed by atoms with E-state index in [1.165, 1.54) is 0 Å². The SMILES string of the molecule is CCCC(C#N)c1nccn1Cc1ccccn1. The highest BCUT2D eigenvalue weighted by Crippen LogP contribution is 2.19. The van der Waals surface area contributed by atoms with Crippen molar-refractivity contribution in [3.63, 3.8) is 0 Å². The molecule has 0 radical (unpaired) electrons. The van der Waals surface area contributed by atoms with E-state index in [0.717, 1.165) is 24.4 Å². The summed E-state index contributed by atoms with van der Waals surface area (Å²) in [6.07, 6.45) is 7.26. The average molecular weight is 240 g/mol. The third kappa shape index (κ3) is 2.75. The first-order valence-electron chi connectivity index (χ1n) is 6.15. The molecule has 0 aromatic carbocycles. The standard InChI is InChI=1S/C14H16N4/c1-2-5-12(10-15)14-17-8-9-18(14)11-13-6-3-4-7-16-13/h3-4,6-9,12H,2,5,11H2,1H3. The highest BCUT2D eigenvalue weighted by molar-refractivity contribution is 5.13. The summed E-state index contributed by atoms with van der Waals surface area (Å²) in [4.78, 5) is 8.61. The second-order valence-corrected chi connectivity index (χ2v) is 4.20. The Labute approximate surface area is 107 Å². The van der Waals surface area contributed by atoms with Crippen molar-refractivity contribution in [2.24, 2.45) is 0 Å². The van der Waals surface area contributed by atoms with E-state index < -0.39 is 0 Å². The fraction of sp³-hybridized carbons (Fsp3) is 0.357. The van der Waals surface area contributed by atoms with Gasteiger partial charge < -0.3 is 4.57 Å². The van der Waals surface area contributed by atoms with Crippen LogP contribution in [0.4, 0.5) is 0 Å². The number of nitriles is 1. The smallest absolute Gasteiger partial charge is 0.126 e. The molecular weight excluding hydrogens is 224 g/mol. The van der Waals surface area contributed by atoms with Gasteiger partial charge in [-0.1, -0.05) is 19.4 Å². The summed E-state index contributed by atoms with van der Waals surface area (Å²) in [5.41, 5.74) is 0.977. The first kappa shape index (κ1) is 12.3. The zero-order valence-corrected chi connectivity index (χ0v) is 10.5. The lowest BCUT2D eigenvalue weighted by Crippen LogP contribution is -2.09. The van der Waals surface area contributed by atoms with Crippen molar-refractivity contribution in [3.05, 3.63) is 48.3 Å². The molecule has 0 amide bonds. The quantitative estimate of drug-likeness (QED) is 0.807. The van der Waals surface area contributed by atoms with Crippen molar-refractivity contribution >= 4 is 0 Å². The Morgan fingerprint density at radius 1 is 1.33 bits per heavy atom. The van der Waals surface area contributed by atoms with Gasteiger partial charge in [-0.05, 0) is 18.6 Å². The fourth-order valence-corrected chi connectivity index (χ4v) is 1.97. The maximum atomic E-state index is 9.20. The minimum absolute atomic E-state index is 0.131. The van der Waals surface area contributed by atoms with Gasteiger partial charge >= 0.3 is 0 Å².